The van der Waals surface area contributed by atoms with Gasteiger partial charge in [-0.2, -0.15) is 0 Å². The van der Waals surface area contributed by atoms with Gasteiger partial charge in [0.05, 0.1) is 6.54 Å². The number of hydrogen-bond donors (Lipinski definition) is 1. The summed E-state index contributed by atoms with van der Waals surface area (Å²) in [6, 6.07) is 2.89. The maximum absolute atomic E-state index is 13.0. The van der Waals surface area contributed by atoms with Crippen LogP contribution >= 0.6 is 0 Å². The molecule has 1 aromatic rings. The molecule has 0 aliphatic carbocycles. The molecule has 21 heavy (non-hydrogen) atoms. The number of amides is 2. The van der Waals surface area contributed by atoms with E-state index < -0.39 is 17.5 Å². The van der Waals surface area contributed by atoms with Gasteiger partial charge in [-0.25, -0.2) is 8.78 Å². The van der Waals surface area contributed by atoms with Crippen LogP contribution in [-0.2, 0) is 4.79 Å². The second kappa shape index (κ2) is 7.15. The molecule has 4 nitrogen and oxygen atoms in total. The van der Waals surface area contributed by atoms with Crippen molar-refractivity contribution in [2.75, 3.05) is 19.6 Å². The van der Waals surface area contributed by atoms with Gasteiger partial charge in [-0.1, -0.05) is 12.8 Å². The predicted octanol–water partition coefficient (Wildman–Crippen LogP) is 2.10. The lowest BCUT2D eigenvalue weighted by molar-refractivity contribution is -0.130. The minimum atomic E-state index is -1.08. The van der Waals surface area contributed by atoms with Crippen molar-refractivity contribution < 1.29 is 18.4 Å². The van der Waals surface area contributed by atoms with Gasteiger partial charge < -0.3 is 10.2 Å². The summed E-state index contributed by atoms with van der Waals surface area (Å²) in [5.74, 6) is -2.82. The van der Waals surface area contributed by atoms with Gasteiger partial charge in [0.25, 0.3) is 5.91 Å². The molecule has 6 heteroatoms. The Kier molecular flexibility index (Phi) is 5.25. The largest absolute Gasteiger partial charge is 0.343 e. The van der Waals surface area contributed by atoms with Crippen LogP contribution in [0.2, 0.25) is 0 Å². The van der Waals surface area contributed by atoms with E-state index in [1.165, 1.54) is 6.07 Å². The number of halogens is 2. The van der Waals surface area contributed by atoms with E-state index >= 15 is 0 Å². The summed E-state index contributed by atoms with van der Waals surface area (Å²) in [5.41, 5.74) is -0.00225. The van der Waals surface area contributed by atoms with Gasteiger partial charge in [0.15, 0.2) is 11.6 Å². The molecule has 0 radical (unpaired) electrons. The van der Waals surface area contributed by atoms with Crippen LogP contribution in [-0.4, -0.2) is 36.3 Å². The Morgan fingerprint density at radius 2 is 1.71 bits per heavy atom. The quantitative estimate of drug-likeness (QED) is 0.928. The van der Waals surface area contributed by atoms with Crippen molar-refractivity contribution in [2.24, 2.45) is 0 Å². The maximum atomic E-state index is 13.0. The van der Waals surface area contributed by atoms with Crippen LogP contribution in [0.3, 0.4) is 0 Å². The first-order valence-corrected chi connectivity index (χ1v) is 7.09. The Morgan fingerprint density at radius 1 is 1.05 bits per heavy atom. The zero-order chi connectivity index (χ0) is 15.2. The number of carbonyl (C=O) groups excluding carboxylic acids is 2. The summed E-state index contributed by atoms with van der Waals surface area (Å²) >= 11 is 0. The molecular weight excluding hydrogens is 278 g/mol. The van der Waals surface area contributed by atoms with Crippen molar-refractivity contribution in [3.8, 4) is 0 Å². The highest BCUT2D eigenvalue weighted by Crippen LogP contribution is 2.10. The molecule has 0 aromatic heterocycles. The molecule has 1 aromatic carbocycles. The first kappa shape index (κ1) is 15.4. The molecule has 0 atom stereocenters. The number of hydrogen-bond acceptors (Lipinski definition) is 2. The molecule has 1 saturated heterocycles. The lowest BCUT2D eigenvalue weighted by atomic mass is 10.2. The summed E-state index contributed by atoms with van der Waals surface area (Å²) in [6.45, 7) is 1.29. The highest BCUT2D eigenvalue weighted by atomic mass is 19.2. The molecule has 0 unspecified atom stereocenters. The molecule has 114 valence electrons. The van der Waals surface area contributed by atoms with E-state index in [-0.39, 0.29) is 18.0 Å². The average Bonchev–Trinajstić information content (AvgIpc) is 2.76. The van der Waals surface area contributed by atoms with Crippen molar-refractivity contribution >= 4 is 11.8 Å². The Morgan fingerprint density at radius 3 is 2.33 bits per heavy atom. The van der Waals surface area contributed by atoms with Crippen LogP contribution < -0.4 is 5.32 Å². The summed E-state index contributed by atoms with van der Waals surface area (Å²) in [7, 11) is 0. The molecular formula is C15H18F2N2O2. The number of nitrogens with one attached hydrogen (secondary N) is 1. The maximum Gasteiger partial charge on any atom is 0.251 e. The summed E-state index contributed by atoms with van der Waals surface area (Å²) < 4.78 is 25.8. The SMILES string of the molecule is O=C(NCC(=O)N1CCCCCC1)c1ccc(F)c(F)c1. The van der Waals surface area contributed by atoms with Gasteiger partial charge in [-0.3, -0.25) is 9.59 Å². The van der Waals surface area contributed by atoms with Crippen molar-refractivity contribution in [2.45, 2.75) is 25.7 Å². The van der Waals surface area contributed by atoms with Crippen LogP contribution in [0.1, 0.15) is 36.0 Å². The Bertz CT molecular complexity index is 526. The highest BCUT2D eigenvalue weighted by Gasteiger charge is 2.17. The molecule has 1 N–H and O–H groups in total. The number of nitrogens with zero attached hydrogens (tertiary/aromatic N) is 1. The van der Waals surface area contributed by atoms with Crippen molar-refractivity contribution in [3.05, 3.63) is 35.4 Å². The first-order valence-electron chi connectivity index (χ1n) is 7.09. The van der Waals surface area contributed by atoms with E-state index in [9.17, 15) is 18.4 Å². The van der Waals surface area contributed by atoms with Crippen molar-refractivity contribution in [1.82, 2.24) is 10.2 Å². The van der Waals surface area contributed by atoms with Crippen LogP contribution in [0.5, 0.6) is 0 Å². The Labute approximate surface area is 122 Å². The lowest BCUT2D eigenvalue weighted by Gasteiger charge is -2.20. The third-order valence-corrected chi connectivity index (χ3v) is 3.54. The highest BCUT2D eigenvalue weighted by molar-refractivity contribution is 5.96. The zero-order valence-electron chi connectivity index (χ0n) is 11.7. The average molecular weight is 296 g/mol. The second-order valence-electron chi connectivity index (χ2n) is 5.11. The first-order chi connectivity index (χ1) is 10.1. The molecule has 0 bridgehead atoms. The third kappa shape index (κ3) is 4.24. The van der Waals surface area contributed by atoms with Gasteiger partial charge >= 0.3 is 0 Å². The van der Waals surface area contributed by atoms with E-state index in [1.54, 1.807) is 4.90 Å². The summed E-state index contributed by atoms with van der Waals surface area (Å²) in [5, 5.41) is 2.44. The fraction of sp³-hybridized carbons (Fsp3) is 0.467. The molecule has 1 aliphatic heterocycles. The van der Waals surface area contributed by atoms with Crippen molar-refractivity contribution in [1.29, 1.82) is 0 Å². The van der Waals surface area contributed by atoms with E-state index in [1.807, 2.05) is 0 Å². The van der Waals surface area contributed by atoms with Gasteiger partial charge in [0, 0.05) is 18.7 Å². The lowest BCUT2D eigenvalue weighted by Crippen LogP contribution is -2.40. The topological polar surface area (TPSA) is 49.4 Å². The van der Waals surface area contributed by atoms with Crippen LogP contribution in [0.4, 0.5) is 8.78 Å². The van der Waals surface area contributed by atoms with E-state index in [4.69, 9.17) is 0 Å². The number of likely N-dealkylation sites (tertiary alicyclic amines) is 1. The third-order valence-electron chi connectivity index (χ3n) is 3.54. The number of rotatable bonds is 3. The Balaban J connectivity index is 1.87. The fourth-order valence-corrected chi connectivity index (χ4v) is 2.33. The normalized spacial score (nSPS) is 15.4. The van der Waals surface area contributed by atoms with Crippen LogP contribution in [0.25, 0.3) is 0 Å². The number of carbonyl (C=O) groups is 2. The molecule has 1 fully saturated rings. The molecule has 0 spiro atoms. The monoisotopic (exact) mass is 296 g/mol. The molecule has 1 aliphatic rings. The minimum Gasteiger partial charge on any atom is -0.343 e. The molecule has 0 saturated carbocycles. The van der Waals surface area contributed by atoms with Gasteiger partial charge in [0.2, 0.25) is 5.91 Å². The molecule has 2 amide bonds. The second-order valence-corrected chi connectivity index (χ2v) is 5.11. The van der Waals surface area contributed by atoms with Crippen LogP contribution in [0.15, 0.2) is 18.2 Å². The predicted molar refractivity (Wildman–Crippen MR) is 73.7 cm³/mol. The number of benzene rings is 1. The van der Waals surface area contributed by atoms with Crippen LogP contribution in [0, 0.1) is 11.6 Å². The smallest absolute Gasteiger partial charge is 0.251 e. The van der Waals surface area contributed by atoms with E-state index in [2.05, 4.69) is 5.32 Å². The summed E-state index contributed by atoms with van der Waals surface area (Å²) in [6.07, 6.45) is 4.18. The van der Waals surface area contributed by atoms with Gasteiger partial charge in [-0.05, 0) is 31.0 Å². The molecule has 2 rings (SSSR count). The fourth-order valence-electron chi connectivity index (χ4n) is 2.33. The summed E-state index contributed by atoms with van der Waals surface area (Å²) in [4.78, 5) is 25.5. The minimum absolute atomic E-state index is 0.00225. The Hall–Kier alpha value is -1.98. The van der Waals surface area contributed by atoms with Gasteiger partial charge in [0.1, 0.15) is 0 Å². The van der Waals surface area contributed by atoms with Crippen molar-refractivity contribution in [3.63, 3.8) is 0 Å². The standard InChI is InChI=1S/C15H18F2N2O2/c16-12-6-5-11(9-13(12)17)15(21)18-10-14(20)19-7-3-1-2-4-8-19/h5-6,9H,1-4,7-8,10H2,(H,18,21). The van der Waals surface area contributed by atoms with E-state index in [0.717, 1.165) is 37.8 Å². The van der Waals surface area contributed by atoms with Gasteiger partial charge in [-0.15, -0.1) is 0 Å². The molecule has 1 heterocycles. The van der Waals surface area contributed by atoms with E-state index in [0.29, 0.717) is 13.1 Å². The zero-order valence-corrected chi connectivity index (χ0v) is 11.7.